The number of amides is 1. The Morgan fingerprint density at radius 1 is 0.742 bits per heavy atom. The van der Waals surface area contributed by atoms with Gasteiger partial charge in [0.15, 0.2) is 0 Å². The van der Waals surface area contributed by atoms with E-state index in [1.807, 2.05) is 30.3 Å². The van der Waals surface area contributed by atoms with Crippen LogP contribution in [-0.2, 0) is 4.79 Å². The standard InChI is InChI=1S/C26H26N4O/c31-25(14-15-29-16-18-30(19-17-29)20-8-2-1-3-9-20)27-28-26-23-12-6-4-10-21(23)22-11-5-7-13-24(22)26/h1-13H,14-19H2,(H,27,31). The van der Waals surface area contributed by atoms with E-state index >= 15 is 0 Å². The van der Waals surface area contributed by atoms with Crippen molar-refractivity contribution >= 4 is 17.3 Å². The van der Waals surface area contributed by atoms with Crippen molar-refractivity contribution in [2.75, 3.05) is 37.6 Å². The van der Waals surface area contributed by atoms with Crippen LogP contribution in [0.25, 0.3) is 11.1 Å². The van der Waals surface area contributed by atoms with Gasteiger partial charge in [-0.05, 0) is 23.3 Å². The number of fused-ring (bicyclic) bond motifs is 3. The van der Waals surface area contributed by atoms with Crippen LogP contribution in [0.15, 0.2) is 84.0 Å². The van der Waals surface area contributed by atoms with Crippen molar-refractivity contribution in [2.45, 2.75) is 6.42 Å². The molecule has 0 spiro atoms. The van der Waals surface area contributed by atoms with Gasteiger partial charge in [-0.2, -0.15) is 5.10 Å². The predicted octanol–water partition coefficient (Wildman–Crippen LogP) is 3.75. The number of anilines is 1. The number of nitrogens with one attached hydrogen (secondary N) is 1. The maximum Gasteiger partial charge on any atom is 0.241 e. The van der Waals surface area contributed by atoms with E-state index in [0.717, 1.165) is 49.6 Å². The Hall–Kier alpha value is -3.44. The molecule has 1 aliphatic heterocycles. The normalized spacial score (nSPS) is 15.4. The molecule has 1 amide bonds. The fourth-order valence-electron chi connectivity index (χ4n) is 4.42. The van der Waals surface area contributed by atoms with Gasteiger partial charge >= 0.3 is 0 Å². The van der Waals surface area contributed by atoms with Gasteiger partial charge in [0.25, 0.3) is 0 Å². The number of piperazine rings is 1. The Morgan fingerprint density at radius 2 is 1.29 bits per heavy atom. The maximum absolute atomic E-state index is 12.5. The lowest BCUT2D eigenvalue weighted by Crippen LogP contribution is -2.47. The summed E-state index contributed by atoms with van der Waals surface area (Å²) in [5.74, 6) is -0.0418. The van der Waals surface area contributed by atoms with Crippen molar-refractivity contribution in [3.05, 3.63) is 90.0 Å². The SMILES string of the molecule is O=C(CCN1CCN(c2ccccc2)CC1)NN=C1c2ccccc2-c2ccccc21. The first kappa shape index (κ1) is 19.5. The summed E-state index contributed by atoms with van der Waals surface area (Å²) in [6.07, 6.45) is 0.450. The van der Waals surface area contributed by atoms with Crippen LogP contribution >= 0.6 is 0 Å². The zero-order valence-corrected chi connectivity index (χ0v) is 17.5. The molecule has 0 unspecified atom stereocenters. The molecule has 2 aliphatic rings. The van der Waals surface area contributed by atoms with E-state index in [4.69, 9.17) is 0 Å². The van der Waals surface area contributed by atoms with Gasteiger partial charge in [-0.15, -0.1) is 0 Å². The highest BCUT2D eigenvalue weighted by molar-refractivity contribution is 6.24. The highest BCUT2D eigenvalue weighted by Crippen LogP contribution is 2.36. The van der Waals surface area contributed by atoms with Crippen LogP contribution in [0.5, 0.6) is 0 Å². The summed E-state index contributed by atoms with van der Waals surface area (Å²) in [5, 5.41) is 4.51. The number of para-hydroxylation sites is 1. The van der Waals surface area contributed by atoms with E-state index in [-0.39, 0.29) is 5.91 Å². The number of hydrogen-bond acceptors (Lipinski definition) is 4. The summed E-state index contributed by atoms with van der Waals surface area (Å²) >= 11 is 0. The van der Waals surface area contributed by atoms with Gasteiger partial charge in [-0.3, -0.25) is 9.69 Å². The smallest absolute Gasteiger partial charge is 0.241 e. The molecule has 1 aliphatic carbocycles. The van der Waals surface area contributed by atoms with Gasteiger partial charge in [0, 0.05) is 56.0 Å². The van der Waals surface area contributed by atoms with Gasteiger partial charge in [0.05, 0.1) is 5.71 Å². The average molecular weight is 411 g/mol. The number of nitrogens with zero attached hydrogens (tertiary/aromatic N) is 3. The van der Waals surface area contributed by atoms with Gasteiger partial charge in [-0.1, -0.05) is 66.7 Å². The number of carbonyl (C=O) groups excluding carboxylic acids is 1. The lowest BCUT2D eigenvalue weighted by atomic mass is 10.1. The van der Waals surface area contributed by atoms with Crippen LogP contribution in [0, 0.1) is 0 Å². The lowest BCUT2D eigenvalue weighted by molar-refractivity contribution is -0.121. The fraction of sp³-hybridized carbons (Fsp3) is 0.231. The molecule has 31 heavy (non-hydrogen) atoms. The first-order valence-electron chi connectivity index (χ1n) is 10.9. The number of hydrazone groups is 1. The largest absolute Gasteiger partial charge is 0.369 e. The molecule has 3 aromatic rings. The molecular weight excluding hydrogens is 384 g/mol. The molecule has 1 fully saturated rings. The van der Waals surface area contributed by atoms with Crippen molar-refractivity contribution in [1.82, 2.24) is 10.3 Å². The zero-order valence-electron chi connectivity index (χ0n) is 17.5. The molecule has 156 valence electrons. The van der Waals surface area contributed by atoms with E-state index < -0.39 is 0 Å². The molecule has 0 bridgehead atoms. The van der Waals surface area contributed by atoms with Gasteiger partial charge in [0.1, 0.15) is 0 Å². The minimum atomic E-state index is -0.0418. The summed E-state index contributed by atoms with van der Waals surface area (Å²) < 4.78 is 0. The van der Waals surface area contributed by atoms with Crippen molar-refractivity contribution in [1.29, 1.82) is 0 Å². The van der Waals surface area contributed by atoms with E-state index in [1.165, 1.54) is 16.8 Å². The van der Waals surface area contributed by atoms with Crippen LogP contribution < -0.4 is 10.3 Å². The molecule has 5 rings (SSSR count). The molecule has 1 N–H and O–H groups in total. The number of rotatable bonds is 5. The van der Waals surface area contributed by atoms with Crippen LogP contribution in [0.2, 0.25) is 0 Å². The topological polar surface area (TPSA) is 47.9 Å². The first-order chi connectivity index (χ1) is 15.3. The second kappa shape index (κ2) is 8.74. The first-order valence-corrected chi connectivity index (χ1v) is 10.9. The van der Waals surface area contributed by atoms with Crippen molar-refractivity contribution in [2.24, 2.45) is 5.10 Å². The number of benzene rings is 3. The van der Waals surface area contributed by atoms with Crippen LogP contribution in [0.4, 0.5) is 5.69 Å². The third-order valence-corrected chi connectivity index (χ3v) is 6.10. The summed E-state index contributed by atoms with van der Waals surface area (Å²) in [7, 11) is 0. The Balaban J connectivity index is 1.17. The molecule has 0 aromatic heterocycles. The van der Waals surface area contributed by atoms with E-state index in [1.54, 1.807) is 0 Å². The van der Waals surface area contributed by atoms with Gasteiger partial charge < -0.3 is 4.90 Å². The van der Waals surface area contributed by atoms with Crippen LogP contribution in [0.3, 0.4) is 0 Å². The summed E-state index contributed by atoms with van der Waals surface area (Å²) in [6, 6.07) is 26.9. The predicted molar refractivity (Wildman–Crippen MR) is 125 cm³/mol. The molecule has 5 heteroatoms. The van der Waals surface area contributed by atoms with E-state index in [0.29, 0.717) is 6.42 Å². The molecule has 0 radical (unpaired) electrons. The lowest BCUT2D eigenvalue weighted by Gasteiger charge is -2.36. The third kappa shape index (κ3) is 4.09. The second-order valence-electron chi connectivity index (χ2n) is 8.00. The highest BCUT2D eigenvalue weighted by Gasteiger charge is 2.24. The average Bonchev–Trinajstić information content (AvgIpc) is 3.16. The molecule has 0 saturated carbocycles. The Kier molecular flexibility index (Phi) is 5.50. The molecule has 0 atom stereocenters. The Labute approximate surface area is 183 Å². The highest BCUT2D eigenvalue weighted by atomic mass is 16.2. The van der Waals surface area contributed by atoms with Crippen molar-refractivity contribution < 1.29 is 4.79 Å². The van der Waals surface area contributed by atoms with Gasteiger partial charge in [-0.25, -0.2) is 5.43 Å². The fourth-order valence-corrected chi connectivity index (χ4v) is 4.42. The molecule has 1 saturated heterocycles. The van der Waals surface area contributed by atoms with Crippen LogP contribution in [-0.4, -0.2) is 49.2 Å². The Morgan fingerprint density at radius 3 is 1.90 bits per heavy atom. The number of carbonyl (C=O) groups is 1. The minimum absolute atomic E-state index is 0.0418. The summed E-state index contributed by atoms with van der Waals surface area (Å²) in [5.41, 5.74) is 9.39. The van der Waals surface area contributed by atoms with Gasteiger partial charge in [0.2, 0.25) is 5.91 Å². The molecular formula is C26H26N4O. The second-order valence-corrected chi connectivity index (χ2v) is 8.00. The summed E-state index contributed by atoms with van der Waals surface area (Å²) in [6.45, 7) is 4.67. The third-order valence-electron chi connectivity index (χ3n) is 6.10. The number of hydrogen-bond donors (Lipinski definition) is 1. The monoisotopic (exact) mass is 410 g/mol. The van der Waals surface area contributed by atoms with Crippen molar-refractivity contribution in [3.63, 3.8) is 0 Å². The van der Waals surface area contributed by atoms with Crippen LogP contribution in [0.1, 0.15) is 17.5 Å². The van der Waals surface area contributed by atoms with Crippen molar-refractivity contribution in [3.8, 4) is 11.1 Å². The quantitative estimate of drug-likeness (QED) is 0.510. The molecule has 1 heterocycles. The van der Waals surface area contributed by atoms with E-state index in [2.05, 4.69) is 68.9 Å². The zero-order chi connectivity index (χ0) is 21.0. The maximum atomic E-state index is 12.5. The molecule has 5 nitrogen and oxygen atoms in total. The molecule has 3 aromatic carbocycles. The summed E-state index contributed by atoms with van der Waals surface area (Å²) in [4.78, 5) is 17.3. The van der Waals surface area contributed by atoms with E-state index in [9.17, 15) is 4.79 Å². The minimum Gasteiger partial charge on any atom is -0.369 e. The Bertz CT molecular complexity index is 1050.